The van der Waals surface area contributed by atoms with Gasteiger partial charge in [0.15, 0.2) is 0 Å². The fourth-order valence-corrected chi connectivity index (χ4v) is 2.89. The van der Waals surface area contributed by atoms with Gasteiger partial charge in [0.1, 0.15) is 0 Å². The summed E-state index contributed by atoms with van der Waals surface area (Å²) in [7, 11) is 1.97. The van der Waals surface area contributed by atoms with Crippen LogP contribution in [-0.4, -0.2) is 60.9 Å². The van der Waals surface area contributed by atoms with Gasteiger partial charge in [0.2, 0.25) is 11.8 Å². The van der Waals surface area contributed by atoms with E-state index in [0.29, 0.717) is 12.5 Å². The number of hydrogen-bond acceptors (Lipinski definition) is 3. The number of carbonyl (C=O) groups excluding carboxylic acids is 2. The Balaban J connectivity index is 1.81. The molecule has 0 radical (unpaired) electrons. The lowest BCUT2D eigenvalue weighted by atomic mass is 10.1. The van der Waals surface area contributed by atoms with Gasteiger partial charge in [-0.2, -0.15) is 0 Å². The number of nitrogens with one attached hydrogen (secondary N) is 1. The van der Waals surface area contributed by atoms with Gasteiger partial charge in [-0.3, -0.25) is 9.59 Å². The Bertz CT molecular complexity index is 325. The summed E-state index contributed by atoms with van der Waals surface area (Å²) in [5.74, 6) is 0.265. The van der Waals surface area contributed by atoms with Gasteiger partial charge in [0.25, 0.3) is 0 Å². The Hall–Kier alpha value is -1.10. The lowest BCUT2D eigenvalue weighted by Crippen LogP contribution is -2.48. The number of nitrogens with zero attached hydrogens (tertiary/aromatic N) is 2. The van der Waals surface area contributed by atoms with Crippen molar-refractivity contribution in [2.75, 3.05) is 33.2 Å². The molecule has 0 bridgehead atoms. The van der Waals surface area contributed by atoms with Crippen LogP contribution in [0.2, 0.25) is 0 Å². The Morgan fingerprint density at radius 2 is 1.95 bits per heavy atom. The zero-order valence-corrected chi connectivity index (χ0v) is 11.9. The Kier molecular flexibility index (Phi) is 5.19. The van der Waals surface area contributed by atoms with Gasteiger partial charge in [-0.05, 0) is 32.7 Å². The van der Waals surface area contributed by atoms with Crippen molar-refractivity contribution in [3.05, 3.63) is 0 Å². The van der Waals surface area contributed by atoms with Gasteiger partial charge in [-0.25, -0.2) is 0 Å². The van der Waals surface area contributed by atoms with E-state index in [4.69, 9.17) is 0 Å². The zero-order chi connectivity index (χ0) is 13.7. The van der Waals surface area contributed by atoms with Gasteiger partial charge in [-0.15, -0.1) is 0 Å². The standard InChI is InChI=1S/C14H25N3O2/c1-15-12-6-9-16(10-7-12)14(19)11-17-8-4-2-3-5-13(17)18/h12,15H,2-11H2,1H3. The molecule has 2 heterocycles. The first kappa shape index (κ1) is 14.3. The van der Waals surface area contributed by atoms with Crippen LogP contribution in [0.1, 0.15) is 38.5 Å². The van der Waals surface area contributed by atoms with E-state index in [9.17, 15) is 9.59 Å². The van der Waals surface area contributed by atoms with Crippen molar-refractivity contribution in [3.8, 4) is 0 Å². The van der Waals surface area contributed by atoms with Crippen LogP contribution in [0.3, 0.4) is 0 Å². The minimum Gasteiger partial charge on any atom is -0.341 e. The maximum atomic E-state index is 12.2. The minimum absolute atomic E-state index is 0.116. The van der Waals surface area contributed by atoms with Gasteiger partial charge in [0, 0.05) is 32.1 Å². The van der Waals surface area contributed by atoms with E-state index in [2.05, 4.69) is 5.32 Å². The van der Waals surface area contributed by atoms with Crippen LogP contribution < -0.4 is 5.32 Å². The molecule has 5 nitrogen and oxygen atoms in total. The lowest BCUT2D eigenvalue weighted by Gasteiger charge is -2.33. The largest absolute Gasteiger partial charge is 0.341 e. The first-order chi connectivity index (χ1) is 9.20. The maximum Gasteiger partial charge on any atom is 0.242 e. The quantitative estimate of drug-likeness (QED) is 0.814. The van der Waals surface area contributed by atoms with Crippen LogP contribution in [0.15, 0.2) is 0 Å². The fraction of sp³-hybridized carbons (Fsp3) is 0.857. The van der Waals surface area contributed by atoms with Crippen molar-refractivity contribution >= 4 is 11.8 Å². The third-order valence-electron chi connectivity index (χ3n) is 4.25. The molecule has 2 aliphatic heterocycles. The molecule has 0 atom stereocenters. The normalized spacial score (nSPS) is 22.5. The molecule has 0 aliphatic carbocycles. The van der Waals surface area contributed by atoms with Crippen molar-refractivity contribution in [2.24, 2.45) is 0 Å². The average molecular weight is 267 g/mol. The van der Waals surface area contributed by atoms with E-state index >= 15 is 0 Å². The molecule has 2 rings (SSSR count). The van der Waals surface area contributed by atoms with Gasteiger partial charge in [0.05, 0.1) is 6.54 Å². The van der Waals surface area contributed by atoms with Gasteiger partial charge < -0.3 is 15.1 Å². The predicted molar refractivity (Wildman–Crippen MR) is 73.7 cm³/mol. The van der Waals surface area contributed by atoms with Crippen LogP contribution in [0.5, 0.6) is 0 Å². The van der Waals surface area contributed by atoms with E-state index in [1.807, 2.05) is 11.9 Å². The molecule has 0 spiro atoms. The number of carbonyl (C=O) groups is 2. The summed E-state index contributed by atoms with van der Waals surface area (Å²) >= 11 is 0. The first-order valence-corrected chi connectivity index (χ1v) is 7.43. The van der Waals surface area contributed by atoms with E-state index in [1.54, 1.807) is 4.90 Å². The summed E-state index contributed by atoms with van der Waals surface area (Å²) in [5.41, 5.74) is 0. The molecule has 5 heteroatoms. The Morgan fingerprint density at radius 3 is 2.63 bits per heavy atom. The molecule has 19 heavy (non-hydrogen) atoms. The molecule has 1 N–H and O–H groups in total. The van der Waals surface area contributed by atoms with Gasteiger partial charge >= 0.3 is 0 Å². The summed E-state index contributed by atoms with van der Waals surface area (Å²) in [6.07, 6.45) is 5.73. The highest BCUT2D eigenvalue weighted by Crippen LogP contribution is 2.13. The smallest absolute Gasteiger partial charge is 0.242 e. The lowest BCUT2D eigenvalue weighted by molar-refractivity contribution is -0.140. The molecule has 0 aromatic heterocycles. The monoisotopic (exact) mass is 267 g/mol. The van der Waals surface area contributed by atoms with Crippen molar-refractivity contribution in [1.29, 1.82) is 0 Å². The molecule has 0 unspecified atom stereocenters. The van der Waals surface area contributed by atoms with Crippen LogP contribution in [0.4, 0.5) is 0 Å². The van der Waals surface area contributed by atoms with E-state index in [-0.39, 0.29) is 18.4 Å². The van der Waals surface area contributed by atoms with Gasteiger partial charge in [-0.1, -0.05) is 6.42 Å². The van der Waals surface area contributed by atoms with Crippen LogP contribution >= 0.6 is 0 Å². The predicted octanol–water partition coefficient (Wildman–Crippen LogP) is 0.599. The molecule has 0 aromatic carbocycles. The van der Waals surface area contributed by atoms with E-state index in [0.717, 1.165) is 51.7 Å². The van der Waals surface area contributed by atoms with Crippen molar-refractivity contribution < 1.29 is 9.59 Å². The first-order valence-electron chi connectivity index (χ1n) is 7.43. The topological polar surface area (TPSA) is 52.7 Å². The Morgan fingerprint density at radius 1 is 1.21 bits per heavy atom. The SMILES string of the molecule is CNC1CCN(C(=O)CN2CCCCCC2=O)CC1. The average Bonchev–Trinajstić information content (AvgIpc) is 2.64. The van der Waals surface area contributed by atoms with Crippen molar-refractivity contribution in [3.63, 3.8) is 0 Å². The van der Waals surface area contributed by atoms with E-state index < -0.39 is 0 Å². The molecule has 2 fully saturated rings. The summed E-state index contributed by atoms with van der Waals surface area (Å²) in [6.45, 7) is 2.65. The highest BCUT2D eigenvalue weighted by molar-refractivity contribution is 5.85. The number of amides is 2. The van der Waals surface area contributed by atoms with Crippen LogP contribution in [-0.2, 0) is 9.59 Å². The summed E-state index contributed by atoms with van der Waals surface area (Å²) in [5, 5.41) is 3.26. The molecule has 108 valence electrons. The maximum absolute atomic E-state index is 12.2. The highest BCUT2D eigenvalue weighted by Gasteiger charge is 2.25. The summed E-state index contributed by atoms with van der Waals surface area (Å²) < 4.78 is 0. The molecule has 2 amide bonds. The molecule has 0 aromatic rings. The van der Waals surface area contributed by atoms with Crippen LogP contribution in [0, 0.1) is 0 Å². The van der Waals surface area contributed by atoms with E-state index in [1.165, 1.54) is 0 Å². The molecule has 2 aliphatic rings. The number of rotatable bonds is 3. The van der Waals surface area contributed by atoms with Crippen LogP contribution in [0.25, 0.3) is 0 Å². The number of likely N-dealkylation sites (tertiary alicyclic amines) is 2. The molecular formula is C14H25N3O2. The second-order valence-corrected chi connectivity index (χ2v) is 5.57. The summed E-state index contributed by atoms with van der Waals surface area (Å²) in [6, 6.07) is 0.531. The fourth-order valence-electron chi connectivity index (χ4n) is 2.89. The summed E-state index contributed by atoms with van der Waals surface area (Å²) in [4.78, 5) is 27.8. The third-order valence-corrected chi connectivity index (χ3v) is 4.25. The molecule has 2 saturated heterocycles. The number of hydrogen-bond donors (Lipinski definition) is 1. The second-order valence-electron chi connectivity index (χ2n) is 5.57. The van der Waals surface area contributed by atoms with Crippen molar-refractivity contribution in [1.82, 2.24) is 15.1 Å². The Labute approximate surface area is 115 Å². The molecular weight excluding hydrogens is 242 g/mol. The zero-order valence-electron chi connectivity index (χ0n) is 11.9. The second kappa shape index (κ2) is 6.89. The third kappa shape index (κ3) is 3.93. The van der Waals surface area contributed by atoms with Crippen molar-refractivity contribution in [2.45, 2.75) is 44.6 Å². The number of piperidine rings is 1. The molecule has 0 saturated carbocycles. The highest BCUT2D eigenvalue weighted by atomic mass is 16.2. The minimum atomic E-state index is 0.116.